The van der Waals surface area contributed by atoms with Gasteiger partial charge in [-0.05, 0) is 34.9 Å². The van der Waals surface area contributed by atoms with Crippen LogP contribution in [-0.4, -0.2) is 19.4 Å². The third-order valence-electron chi connectivity index (χ3n) is 3.13. The van der Waals surface area contributed by atoms with Gasteiger partial charge in [0, 0.05) is 5.69 Å². The number of carbonyl (C=O) groups is 1. The van der Waals surface area contributed by atoms with Crippen LogP contribution < -0.4 is 10.5 Å². The summed E-state index contributed by atoms with van der Waals surface area (Å²) in [6.07, 6.45) is -4.66. The van der Waals surface area contributed by atoms with E-state index in [1.54, 1.807) is 18.2 Å². The smallest absolute Gasteiger partial charge is 0.469 e. The van der Waals surface area contributed by atoms with E-state index in [2.05, 4.69) is 9.47 Å². The number of halogens is 3. The highest BCUT2D eigenvalue weighted by Gasteiger charge is 2.30. The zero-order chi connectivity index (χ0) is 17.0. The van der Waals surface area contributed by atoms with Crippen LogP contribution in [0.3, 0.4) is 0 Å². The van der Waals surface area contributed by atoms with Gasteiger partial charge in [0.1, 0.15) is 5.75 Å². The van der Waals surface area contributed by atoms with Crippen LogP contribution in [-0.2, 0) is 16.0 Å². The van der Waals surface area contributed by atoms with Crippen molar-refractivity contribution in [2.24, 2.45) is 0 Å². The Morgan fingerprint density at radius 2 is 1.70 bits per heavy atom. The lowest BCUT2D eigenvalue weighted by atomic mass is 10.0. The van der Waals surface area contributed by atoms with Crippen molar-refractivity contribution in [1.82, 2.24) is 0 Å². The van der Waals surface area contributed by atoms with E-state index in [1.807, 2.05) is 0 Å². The van der Waals surface area contributed by atoms with E-state index in [-0.39, 0.29) is 12.2 Å². The molecule has 2 aromatic rings. The predicted molar refractivity (Wildman–Crippen MR) is 78.7 cm³/mol. The Morgan fingerprint density at radius 3 is 2.22 bits per heavy atom. The van der Waals surface area contributed by atoms with Crippen molar-refractivity contribution < 1.29 is 27.4 Å². The number of benzene rings is 2. The summed E-state index contributed by atoms with van der Waals surface area (Å²) in [6, 6.07) is 10.5. The van der Waals surface area contributed by atoms with Crippen molar-refractivity contribution in [3.05, 3.63) is 48.0 Å². The summed E-state index contributed by atoms with van der Waals surface area (Å²) in [5.41, 5.74) is 8.32. The molecule has 7 heteroatoms. The van der Waals surface area contributed by atoms with E-state index in [0.717, 1.165) is 5.56 Å². The molecule has 2 rings (SSSR count). The quantitative estimate of drug-likeness (QED) is 0.690. The molecule has 0 aromatic heterocycles. The molecule has 0 aliphatic heterocycles. The van der Waals surface area contributed by atoms with Gasteiger partial charge in [-0.25, -0.2) is 0 Å². The average molecular weight is 325 g/mol. The van der Waals surface area contributed by atoms with E-state index in [0.29, 0.717) is 16.8 Å². The van der Waals surface area contributed by atoms with Crippen LogP contribution in [0.5, 0.6) is 5.75 Å². The average Bonchev–Trinajstić information content (AvgIpc) is 2.48. The van der Waals surface area contributed by atoms with Crippen molar-refractivity contribution >= 4 is 11.7 Å². The van der Waals surface area contributed by atoms with Gasteiger partial charge in [0.25, 0.3) is 0 Å². The van der Waals surface area contributed by atoms with Crippen LogP contribution >= 0.6 is 0 Å². The van der Waals surface area contributed by atoms with E-state index >= 15 is 0 Å². The molecule has 0 aliphatic carbocycles. The van der Waals surface area contributed by atoms with E-state index < -0.39 is 12.3 Å². The van der Waals surface area contributed by atoms with E-state index in [4.69, 9.17) is 5.73 Å². The Hall–Kier alpha value is -2.70. The van der Waals surface area contributed by atoms with Gasteiger partial charge in [-0.3, -0.25) is 4.79 Å². The van der Waals surface area contributed by atoms with Gasteiger partial charge in [0.05, 0.1) is 13.5 Å². The molecule has 2 aromatic carbocycles. The highest BCUT2D eigenvalue weighted by atomic mass is 19.4. The standard InChI is InChI=1S/C16H14F3NO3/c1-22-15(21)9-12-3-2-11(8-14(12)20)10-4-6-13(7-5-10)23-16(17,18)19/h2-8H,9,20H2,1H3. The van der Waals surface area contributed by atoms with Gasteiger partial charge < -0.3 is 15.2 Å². The Bertz CT molecular complexity index is 697. The molecule has 0 saturated carbocycles. The first-order valence-corrected chi connectivity index (χ1v) is 6.60. The second-order valence-electron chi connectivity index (χ2n) is 4.74. The molecule has 0 spiro atoms. The van der Waals surface area contributed by atoms with Crippen LogP contribution in [0.4, 0.5) is 18.9 Å². The molecular weight excluding hydrogens is 311 g/mol. The fourth-order valence-corrected chi connectivity index (χ4v) is 2.01. The first kappa shape index (κ1) is 16.7. The molecule has 0 fully saturated rings. The zero-order valence-corrected chi connectivity index (χ0v) is 12.2. The number of esters is 1. The topological polar surface area (TPSA) is 61.5 Å². The summed E-state index contributed by atoms with van der Waals surface area (Å²) >= 11 is 0. The molecule has 0 bridgehead atoms. The number of rotatable bonds is 4. The largest absolute Gasteiger partial charge is 0.573 e. The number of methoxy groups -OCH3 is 1. The fraction of sp³-hybridized carbons (Fsp3) is 0.188. The minimum absolute atomic E-state index is 0.0565. The molecule has 122 valence electrons. The molecule has 0 radical (unpaired) electrons. The highest BCUT2D eigenvalue weighted by Crippen LogP contribution is 2.28. The summed E-state index contributed by atoms with van der Waals surface area (Å²) < 4.78 is 44.7. The SMILES string of the molecule is COC(=O)Cc1ccc(-c2ccc(OC(F)(F)F)cc2)cc1N. The molecule has 4 nitrogen and oxygen atoms in total. The van der Waals surface area contributed by atoms with Crippen molar-refractivity contribution in [1.29, 1.82) is 0 Å². The maximum absolute atomic E-state index is 12.1. The molecule has 0 heterocycles. The minimum atomic E-state index is -4.72. The number of nitrogen functional groups attached to an aromatic ring is 1. The Balaban J connectivity index is 2.19. The van der Waals surface area contributed by atoms with Gasteiger partial charge in [0.15, 0.2) is 0 Å². The number of ether oxygens (including phenoxy) is 2. The first-order chi connectivity index (χ1) is 10.8. The van der Waals surface area contributed by atoms with Gasteiger partial charge in [0.2, 0.25) is 0 Å². The van der Waals surface area contributed by atoms with Crippen molar-refractivity contribution in [3.63, 3.8) is 0 Å². The number of nitrogens with two attached hydrogens (primary N) is 1. The number of alkyl halides is 3. The maximum Gasteiger partial charge on any atom is 0.573 e. The lowest BCUT2D eigenvalue weighted by Crippen LogP contribution is -2.16. The highest BCUT2D eigenvalue weighted by molar-refractivity contribution is 5.77. The van der Waals surface area contributed by atoms with Gasteiger partial charge in [-0.15, -0.1) is 13.2 Å². The third-order valence-corrected chi connectivity index (χ3v) is 3.13. The monoisotopic (exact) mass is 325 g/mol. The molecule has 0 unspecified atom stereocenters. The van der Waals surface area contributed by atoms with Crippen LogP contribution in [0.25, 0.3) is 11.1 Å². The lowest BCUT2D eigenvalue weighted by Gasteiger charge is -2.10. The number of anilines is 1. The van der Waals surface area contributed by atoms with Crippen molar-refractivity contribution in [2.75, 3.05) is 12.8 Å². The second kappa shape index (κ2) is 6.60. The normalized spacial score (nSPS) is 11.1. The molecule has 0 amide bonds. The van der Waals surface area contributed by atoms with Gasteiger partial charge in [-0.2, -0.15) is 0 Å². The number of carbonyl (C=O) groups excluding carboxylic acids is 1. The Morgan fingerprint density at radius 1 is 1.09 bits per heavy atom. The first-order valence-electron chi connectivity index (χ1n) is 6.60. The van der Waals surface area contributed by atoms with E-state index in [1.165, 1.54) is 31.4 Å². The molecular formula is C16H14F3NO3. The number of hydrogen-bond donors (Lipinski definition) is 1. The van der Waals surface area contributed by atoms with Gasteiger partial charge >= 0.3 is 12.3 Å². The van der Waals surface area contributed by atoms with Gasteiger partial charge in [-0.1, -0.05) is 24.3 Å². The van der Waals surface area contributed by atoms with Crippen LogP contribution in [0.2, 0.25) is 0 Å². The zero-order valence-electron chi connectivity index (χ0n) is 12.2. The summed E-state index contributed by atoms with van der Waals surface area (Å²) in [4.78, 5) is 11.3. The molecule has 23 heavy (non-hydrogen) atoms. The van der Waals surface area contributed by atoms with Crippen LogP contribution in [0.15, 0.2) is 42.5 Å². The minimum Gasteiger partial charge on any atom is -0.469 e. The van der Waals surface area contributed by atoms with Crippen LogP contribution in [0.1, 0.15) is 5.56 Å². The molecule has 0 aliphatic rings. The maximum atomic E-state index is 12.1. The van der Waals surface area contributed by atoms with Crippen LogP contribution in [0, 0.1) is 0 Å². The van der Waals surface area contributed by atoms with Crippen molar-refractivity contribution in [2.45, 2.75) is 12.8 Å². The molecule has 0 saturated heterocycles. The Kier molecular flexibility index (Phi) is 4.78. The lowest BCUT2D eigenvalue weighted by molar-refractivity contribution is -0.274. The predicted octanol–water partition coefficient (Wildman–Crippen LogP) is 3.55. The molecule has 2 N–H and O–H groups in total. The fourth-order valence-electron chi connectivity index (χ4n) is 2.01. The Labute approximate surface area is 130 Å². The third kappa shape index (κ3) is 4.64. The summed E-state index contributed by atoms with van der Waals surface area (Å²) in [6.45, 7) is 0. The number of hydrogen-bond acceptors (Lipinski definition) is 4. The summed E-state index contributed by atoms with van der Waals surface area (Å²) in [7, 11) is 1.29. The second-order valence-corrected chi connectivity index (χ2v) is 4.74. The molecule has 0 atom stereocenters. The van der Waals surface area contributed by atoms with Crippen molar-refractivity contribution in [3.8, 4) is 16.9 Å². The summed E-state index contributed by atoms with van der Waals surface area (Å²) in [5.74, 6) is -0.699. The summed E-state index contributed by atoms with van der Waals surface area (Å²) in [5, 5.41) is 0. The van der Waals surface area contributed by atoms with E-state index in [9.17, 15) is 18.0 Å².